The van der Waals surface area contributed by atoms with Crippen molar-refractivity contribution < 1.29 is 28.0 Å². The Morgan fingerprint density at radius 2 is 1.04 bits per heavy atom. The molecule has 2 heterocycles. The van der Waals surface area contributed by atoms with E-state index >= 15 is 0 Å². The summed E-state index contributed by atoms with van der Waals surface area (Å²) in [6.07, 6.45) is 0.565. The molecule has 1 unspecified atom stereocenters. The quantitative estimate of drug-likeness (QED) is 0.116. The summed E-state index contributed by atoms with van der Waals surface area (Å²) < 4.78 is 14.1. The number of rotatable bonds is 9. The average molecular weight is 1020 g/mol. The minimum Gasteiger partial charge on any atom is -0.417 e. The lowest BCUT2D eigenvalue weighted by Gasteiger charge is -2.36. The Balaban J connectivity index is 0.000000330. The van der Waals surface area contributed by atoms with E-state index in [1.807, 2.05) is 65.8 Å². The maximum atomic E-state index is 13.2. The zero-order chi connectivity index (χ0) is 44.4. The molecule has 2 aromatic carbocycles. The minimum absolute atomic E-state index is 0.116. The van der Waals surface area contributed by atoms with Crippen molar-refractivity contribution in [3.8, 4) is 0 Å². The normalized spacial score (nSPS) is 18.3. The van der Waals surface area contributed by atoms with Crippen molar-refractivity contribution >= 4 is 99.6 Å². The van der Waals surface area contributed by atoms with Crippen molar-refractivity contribution in [2.24, 2.45) is 11.3 Å². The van der Waals surface area contributed by atoms with Crippen LogP contribution in [0.5, 0.6) is 0 Å². The highest BCUT2D eigenvalue weighted by molar-refractivity contribution is 9.11. The fourth-order valence-electron chi connectivity index (χ4n) is 5.98. The smallest absolute Gasteiger partial charge is 0.329 e. The lowest BCUT2D eigenvalue weighted by molar-refractivity contribution is -0.125. The van der Waals surface area contributed by atoms with E-state index in [-0.39, 0.29) is 34.7 Å². The van der Waals surface area contributed by atoms with E-state index in [0.717, 1.165) is 43.1 Å². The van der Waals surface area contributed by atoms with E-state index < -0.39 is 27.6 Å². The fourth-order valence-corrected chi connectivity index (χ4v) is 9.00. The summed E-state index contributed by atoms with van der Waals surface area (Å²) in [5, 5.41) is 4.08. The zero-order valence-electron chi connectivity index (χ0n) is 37.7. The van der Waals surface area contributed by atoms with Gasteiger partial charge >= 0.3 is 6.03 Å². The molecule has 14 heteroatoms. The molecule has 0 bridgehead atoms. The molecule has 0 spiro atoms. The molecule has 320 valence electrons. The third kappa shape index (κ3) is 12.0. The maximum Gasteiger partial charge on any atom is 0.329 e. The first-order valence-electron chi connectivity index (χ1n) is 19.6. The van der Waals surface area contributed by atoms with Crippen molar-refractivity contribution in [3.63, 3.8) is 0 Å². The highest BCUT2D eigenvalue weighted by atomic mass is 79.9. The summed E-state index contributed by atoms with van der Waals surface area (Å²) in [5.74, 6) is -0.839. The third-order valence-electron chi connectivity index (χ3n) is 11.9. The predicted octanol–water partition coefficient (Wildman–Crippen LogP) is 12.3. The number of benzene rings is 2. The summed E-state index contributed by atoms with van der Waals surface area (Å²) in [7, 11) is -3.34. The molecule has 1 atom stereocenters. The number of carbonyl (C=O) groups is 4. The van der Waals surface area contributed by atoms with E-state index in [1.54, 1.807) is 13.8 Å². The van der Waals surface area contributed by atoms with Crippen molar-refractivity contribution in [3.05, 3.63) is 55.5 Å². The van der Waals surface area contributed by atoms with E-state index in [2.05, 4.69) is 121 Å². The van der Waals surface area contributed by atoms with Crippen LogP contribution in [0.25, 0.3) is 0 Å². The standard InChI is InChI=1S/C22H34BrNO3Si.C13H15BrN2O2.C8H19BrOSi/c1-14-12-16(13-15(2)18(14)23)24-19(25)17(22(6,7)20(24)26)10-11-27-28(8,9)21(3,4)5;1-7-5-9(6-8(2)10(7)14)16-11(17)13(3,4)15-12(16)18;1-8(2,3)11(4,5)10-7-6-9/h12-13,17H,10-11H2,1-9H3;5-6H,1-4H3,(H,15,18);6-7H2,1-5H3. The van der Waals surface area contributed by atoms with Crippen molar-refractivity contribution in [2.75, 3.05) is 28.3 Å². The number of anilines is 2. The summed E-state index contributed by atoms with van der Waals surface area (Å²) in [4.78, 5) is 53.0. The van der Waals surface area contributed by atoms with Crippen LogP contribution in [0, 0.1) is 39.0 Å². The van der Waals surface area contributed by atoms with Gasteiger partial charge in [-0.25, -0.2) is 14.6 Å². The van der Waals surface area contributed by atoms with Gasteiger partial charge in [0, 0.05) is 27.5 Å². The number of urea groups is 1. The number of nitrogens with zero attached hydrogens (tertiary/aromatic N) is 2. The largest absolute Gasteiger partial charge is 0.417 e. The van der Waals surface area contributed by atoms with Crippen LogP contribution in [0.1, 0.15) is 97.9 Å². The number of amides is 5. The second-order valence-electron chi connectivity index (χ2n) is 19.4. The Morgan fingerprint density at radius 1 is 0.667 bits per heavy atom. The van der Waals surface area contributed by atoms with Gasteiger partial charge in [0.2, 0.25) is 11.8 Å². The molecule has 5 amide bonds. The number of nitrogens with one attached hydrogen (secondary N) is 1. The fraction of sp³-hybridized carbons (Fsp3) is 0.628. The molecule has 1 N–H and O–H groups in total. The second kappa shape index (κ2) is 18.9. The first-order valence-corrected chi connectivity index (χ1v) is 28.1. The first-order chi connectivity index (χ1) is 25.7. The molecule has 2 saturated heterocycles. The topological polar surface area (TPSA) is 105 Å². The van der Waals surface area contributed by atoms with Gasteiger partial charge in [0.05, 0.1) is 22.7 Å². The van der Waals surface area contributed by atoms with Crippen LogP contribution in [-0.4, -0.2) is 64.5 Å². The number of carbonyl (C=O) groups excluding carboxylic acids is 4. The average Bonchev–Trinajstić information content (AvgIpc) is 3.37. The number of hydrogen-bond acceptors (Lipinski definition) is 6. The molecule has 2 aliphatic heterocycles. The lowest BCUT2D eigenvalue weighted by Crippen LogP contribution is -2.41. The van der Waals surface area contributed by atoms with Crippen molar-refractivity contribution in [2.45, 2.75) is 145 Å². The van der Waals surface area contributed by atoms with E-state index in [4.69, 9.17) is 8.85 Å². The number of hydrogen-bond donors (Lipinski definition) is 1. The summed E-state index contributed by atoms with van der Waals surface area (Å²) in [6.45, 7) is 38.7. The van der Waals surface area contributed by atoms with Gasteiger partial charge in [0.1, 0.15) is 5.54 Å². The van der Waals surface area contributed by atoms with E-state index in [1.165, 1.54) is 9.80 Å². The van der Waals surface area contributed by atoms with Crippen LogP contribution in [0.3, 0.4) is 0 Å². The Kier molecular flexibility index (Phi) is 17.1. The number of imide groups is 2. The van der Waals surface area contributed by atoms with Crippen LogP contribution in [0.15, 0.2) is 33.2 Å². The van der Waals surface area contributed by atoms with Gasteiger partial charge in [-0.15, -0.1) is 0 Å². The highest BCUT2D eigenvalue weighted by Crippen LogP contribution is 2.44. The second-order valence-corrected chi connectivity index (χ2v) is 31.4. The molecule has 9 nitrogen and oxygen atoms in total. The molecular formula is C43H68Br3N3O6Si2. The molecule has 0 aromatic heterocycles. The summed E-state index contributed by atoms with van der Waals surface area (Å²) in [6, 6.07) is 7.09. The summed E-state index contributed by atoms with van der Waals surface area (Å²) in [5.41, 5.74) is 3.71. The van der Waals surface area contributed by atoms with Gasteiger partial charge in [0.25, 0.3) is 5.91 Å². The Bertz CT molecular complexity index is 1790. The van der Waals surface area contributed by atoms with E-state index in [9.17, 15) is 19.2 Å². The molecule has 0 radical (unpaired) electrons. The molecule has 0 saturated carbocycles. The highest BCUT2D eigenvalue weighted by Gasteiger charge is 2.54. The van der Waals surface area contributed by atoms with Crippen LogP contribution in [0.4, 0.5) is 16.2 Å². The SMILES string of the molecule is CC(C)(C)[Si](C)(C)OCCBr.Cc1cc(N2C(=O)C(CCO[Si](C)(C)C(C)(C)C)C(C)(C)C2=O)cc(C)c1Br.Cc1cc(N2C(=O)NC(C)(C)C2=O)cc(C)c1Br. The summed E-state index contributed by atoms with van der Waals surface area (Å²) >= 11 is 10.4. The predicted molar refractivity (Wildman–Crippen MR) is 252 cm³/mol. The van der Waals surface area contributed by atoms with Crippen LogP contribution in [0.2, 0.25) is 36.3 Å². The van der Waals surface area contributed by atoms with Gasteiger partial charge in [-0.05, 0) is 131 Å². The van der Waals surface area contributed by atoms with Gasteiger partial charge in [-0.3, -0.25) is 14.4 Å². The van der Waals surface area contributed by atoms with Crippen molar-refractivity contribution in [1.82, 2.24) is 5.32 Å². The van der Waals surface area contributed by atoms with Crippen molar-refractivity contribution in [1.29, 1.82) is 0 Å². The van der Waals surface area contributed by atoms with Gasteiger partial charge in [-0.1, -0.05) is 103 Å². The van der Waals surface area contributed by atoms with Crippen LogP contribution >= 0.6 is 47.8 Å². The van der Waals surface area contributed by atoms with Crippen LogP contribution in [-0.2, 0) is 23.2 Å². The Labute approximate surface area is 370 Å². The zero-order valence-corrected chi connectivity index (χ0v) is 44.5. The first kappa shape index (κ1) is 51.5. The molecule has 0 aliphatic carbocycles. The minimum atomic E-state index is -1.88. The van der Waals surface area contributed by atoms with Gasteiger partial charge in [-0.2, -0.15) is 0 Å². The molecular weight excluding hydrogens is 950 g/mol. The van der Waals surface area contributed by atoms with Gasteiger partial charge in [0.15, 0.2) is 16.6 Å². The molecule has 2 aliphatic rings. The molecule has 4 rings (SSSR count). The number of halogens is 3. The Morgan fingerprint density at radius 3 is 1.37 bits per heavy atom. The molecule has 2 fully saturated rings. The maximum absolute atomic E-state index is 13.2. The van der Waals surface area contributed by atoms with Crippen LogP contribution < -0.4 is 15.1 Å². The Hall–Kier alpha value is -1.69. The third-order valence-corrected chi connectivity index (χ3v) is 23.8. The molecule has 57 heavy (non-hydrogen) atoms. The lowest BCUT2D eigenvalue weighted by atomic mass is 9.79. The number of aryl methyl sites for hydroxylation is 4. The monoisotopic (exact) mass is 1020 g/mol. The number of alkyl halides is 1. The van der Waals surface area contributed by atoms with Gasteiger partial charge < -0.3 is 14.2 Å². The molecule has 2 aromatic rings. The van der Waals surface area contributed by atoms with E-state index in [0.29, 0.717) is 29.4 Å².